The van der Waals surface area contributed by atoms with Crippen LogP contribution >= 0.6 is 11.3 Å². The van der Waals surface area contributed by atoms with E-state index in [1.165, 1.54) is 0 Å². The number of nitrogens with two attached hydrogens (primary N) is 1. The van der Waals surface area contributed by atoms with Gasteiger partial charge in [-0.2, -0.15) is 0 Å². The molecule has 0 saturated carbocycles. The van der Waals surface area contributed by atoms with Gasteiger partial charge in [-0.25, -0.2) is 0 Å². The highest BCUT2D eigenvalue weighted by Crippen LogP contribution is 2.31. The first-order valence-corrected chi connectivity index (χ1v) is 8.96. The van der Waals surface area contributed by atoms with Gasteiger partial charge in [0.1, 0.15) is 0 Å². The fourth-order valence-corrected chi connectivity index (χ4v) is 4.22. The Morgan fingerprint density at radius 2 is 1.67 bits per heavy atom. The Morgan fingerprint density at radius 3 is 2.25 bits per heavy atom. The van der Waals surface area contributed by atoms with Crippen molar-refractivity contribution in [2.45, 2.75) is 26.3 Å². The van der Waals surface area contributed by atoms with E-state index in [2.05, 4.69) is 6.07 Å². The van der Waals surface area contributed by atoms with E-state index in [0.717, 1.165) is 20.5 Å². The molecule has 0 aliphatic carbocycles. The van der Waals surface area contributed by atoms with E-state index in [0.29, 0.717) is 26.2 Å². The summed E-state index contributed by atoms with van der Waals surface area (Å²) in [6.07, 6.45) is 0. The Morgan fingerprint density at radius 1 is 1.08 bits per heavy atom. The smallest absolute Gasteiger partial charge is 0.264 e. The van der Waals surface area contributed by atoms with Gasteiger partial charge < -0.3 is 15.5 Å². The maximum atomic E-state index is 12.9. The molecule has 6 heteroatoms. The van der Waals surface area contributed by atoms with Gasteiger partial charge >= 0.3 is 0 Å². The van der Waals surface area contributed by atoms with Crippen molar-refractivity contribution in [3.05, 3.63) is 34.7 Å². The summed E-state index contributed by atoms with van der Waals surface area (Å²) in [5.74, 6) is 0.000416. The van der Waals surface area contributed by atoms with Crippen LogP contribution in [0.4, 0.5) is 0 Å². The lowest BCUT2D eigenvalue weighted by Crippen LogP contribution is -2.57. The van der Waals surface area contributed by atoms with Crippen LogP contribution in [0.2, 0.25) is 0 Å². The van der Waals surface area contributed by atoms with Crippen LogP contribution in [0, 0.1) is 6.92 Å². The second kappa shape index (κ2) is 6.18. The maximum Gasteiger partial charge on any atom is 0.264 e. The molecule has 128 valence electrons. The molecule has 0 spiro atoms. The molecule has 3 rings (SSSR count). The van der Waals surface area contributed by atoms with E-state index in [9.17, 15) is 9.59 Å². The number of amides is 2. The molecular weight excluding hydrogens is 322 g/mol. The minimum Gasteiger partial charge on any atom is -0.338 e. The van der Waals surface area contributed by atoms with Gasteiger partial charge in [0.25, 0.3) is 5.91 Å². The summed E-state index contributed by atoms with van der Waals surface area (Å²) in [5, 5.41) is 1.14. The third kappa shape index (κ3) is 3.03. The standard InChI is InChI=1S/C18H23N3O2S/c1-12-13-6-4-5-7-14(13)24-15(12)16(22)20-8-10-21(11-9-20)17(23)18(2,3)19/h4-7H,8-11,19H2,1-3H3. The average Bonchev–Trinajstić information content (AvgIpc) is 2.90. The average molecular weight is 345 g/mol. The number of hydrogen-bond donors (Lipinski definition) is 1. The highest BCUT2D eigenvalue weighted by molar-refractivity contribution is 7.21. The minimum atomic E-state index is -0.867. The second-order valence-electron chi connectivity index (χ2n) is 6.86. The van der Waals surface area contributed by atoms with Gasteiger partial charge in [-0.3, -0.25) is 9.59 Å². The Kier molecular flexibility index (Phi) is 4.36. The normalized spacial score (nSPS) is 15.8. The summed E-state index contributed by atoms with van der Waals surface area (Å²) in [5.41, 5.74) is 6.07. The number of carbonyl (C=O) groups is 2. The van der Waals surface area contributed by atoms with Gasteiger partial charge in [0.2, 0.25) is 5.91 Å². The maximum absolute atomic E-state index is 12.9. The Labute approximate surface area is 146 Å². The molecule has 0 radical (unpaired) electrons. The largest absolute Gasteiger partial charge is 0.338 e. The molecule has 2 N–H and O–H groups in total. The van der Waals surface area contributed by atoms with Gasteiger partial charge in [0, 0.05) is 30.9 Å². The van der Waals surface area contributed by atoms with Crippen molar-refractivity contribution in [2.75, 3.05) is 26.2 Å². The molecule has 0 atom stereocenters. The number of piperazine rings is 1. The van der Waals surface area contributed by atoms with E-state index in [1.807, 2.05) is 30.0 Å². The third-order valence-electron chi connectivity index (χ3n) is 4.44. The summed E-state index contributed by atoms with van der Waals surface area (Å²) in [7, 11) is 0. The van der Waals surface area contributed by atoms with Crippen molar-refractivity contribution in [1.82, 2.24) is 9.80 Å². The third-order valence-corrected chi connectivity index (χ3v) is 5.70. The zero-order valence-corrected chi connectivity index (χ0v) is 15.2. The zero-order valence-electron chi connectivity index (χ0n) is 14.3. The molecule has 0 unspecified atom stereocenters. The Balaban J connectivity index is 1.73. The fraction of sp³-hybridized carbons (Fsp3) is 0.444. The number of fused-ring (bicyclic) bond motifs is 1. The fourth-order valence-electron chi connectivity index (χ4n) is 3.04. The highest BCUT2D eigenvalue weighted by atomic mass is 32.1. The van der Waals surface area contributed by atoms with Gasteiger partial charge in [-0.05, 0) is 37.8 Å². The van der Waals surface area contributed by atoms with Crippen molar-refractivity contribution >= 4 is 33.2 Å². The summed E-state index contributed by atoms with van der Waals surface area (Å²) in [6.45, 7) is 7.61. The topological polar surface area (TPSA) is 66.6 Å². The molecule has 1 aromatic carbocycles. The first-order valence-electron chi connectivity index (χ1n) is 8.14. The summed E-state index contributed by atoms with van der Waals surface area (Å²) >= 11 is 1.55. The number of nitrogens with zero attached hydrogens (tertiary/aromatic N) is 2. The predicted molar refractivity (Wildman–Crippen MR) is 97.3 cm³/mol. The number of benzene rings is 1. The number of carbonyl (C=O) groups excluding carboxylic acids is 2. The van der Waals surface area contributed by atoms with Crippen molar-refractivity contribution in [3.63, 3.8) is 0 Å². The van der Waals surface area contributed by atoms with Crippen molar-refractivity contribution in [1.29, 1.82) is 0 Å². The lowest BCUT2D eigenvalue weighted by molar-refractivity contribution is -0.137. The van der Waals surface area contributed by atoms with Crippen LogP contribution in [0.1, 0.15) is 29.1 Å². The zero-order chi connectivity index (χ0) is 17.5. The van der Waals surface area contributed by atoms with Crippen molar-refractivity contribution in [3.8, 4) is 0 Å². The Hall–Kier alpha value is -1.92. The van der Waals surface area contributed by atoms with Crippen LogP contribution in [-0.4, -0.2) is 53.3 Å². The Bertz CT molecular complexity index is 783. The molecular formula is C18H23N3O2S. The van der Waals surface area contributed by atoms with Crippen LogP contribution < -0.4 is 5.73 Å². The predicted octanol–water partition coefficient (Wildman–Crippen LogP) is 2.23. The van der Waals surface area contributed by atoms with E-state index in [4.69, 9.17) is 5.73 Å². The number of rotatable bonds is 2. The molecule has 1 aliphatic rings. The second-order valence-corrected chi connectivity index (χ2v) is 7.91. The molecule has 2 amide bonds. The molecule has 1 aromatic heterocycles. The molecule has 1 saturated heterocycles. The summed E-state index contributed by atoms with van der Waals surface area (Å²) in [6, 6.07) is 8.09. The van der Waals surface area contributed by atoms with E-state index < -0.39 is 5.54 Å². The number of aryl methyl sites for hydroxylation is 1. The van der Waals surface area contributed by atoms with Crippen LogP contribution in [0.25, 0.3) is 10.1 Å². The number of thiophene rings is 1. The molecule has 5 nitrogen and oxygen atoms in total. The monoisotopic (exact) mass is 345 g/mol. The molecule has 1 fully saturated rings. The first-order chi connectivity index (χ1) is 11.3. The van der Waals surface area contributed by atoms with Gasteiger partial charge in [0.05, 0.1) is 10.4 Å². The van der Waals surface area contributed by atoms with Gasteiger partial charge in [-0.1, -0.05) is 18.2 Å². The van der Waals surface area contributed by atoms with E-state index in [-0.39, 0.29) is 11.8 Å². The highest BCUT2D eigenvalue weighted by Gasteiger charge is 2.32. The van der Waals surface area contributed by atoms with Gasteiger partial charge in [0.15, 0.2) is 0 Å². The van der Waals surface area contributed by atoms with Crippen LogP contribution in [0.5, 0.6) is 0 Å². The first kappa shape index (κ1) is 16.9. The molecule has 2 aromatic rings. The summed E-state index contributed by atoms with van der Waals surface area (Å²) in [4.78, 5) is 29.5. The van der Waals surface area contributed by atoms with Crippen LogP contribution in [-0.2, 0) is 4.79 Å². The quantitative estimate of drug-likeness (QED) is 0.908. The molecule has 1 aliphatic heterocycles. The van der Waals surface area contributed by atoms with E-state index in [1.54, 1.807) is 30.1 Å². The van der Waals surface area contributed by atoms with Crippen molar-refractivity contribution in [2.24, 2.45) is 5.73 Å². The number of hydrogen-bond acceptors (Lipinski definition) is 4. The van der Waals surface area contributed by atoms with Crippen molar-refractivity contribution < 1.29 is 9.59 Å². The van der Waals surface area contributed by atoms with Crippen LogP contribution in [0.15, 0.2) is 24.3 Å². The SMILES string of the molecule is Cc1c(C(=O)N2CCN(C(=O)C(C)(C)N)CC2)sc2ccccc12. The lowest BCUT2D eigenvalue weighted by Gasteiger charge is -2.37. The summed E-state index contributed by atoms with van der Waals surface area (Å²) < 4.78 is 1.14. The molecule has 0 bridgehead atoms. The molecule has 24 heavy (non-hydrogen) atoms. The van der Waals surface area contributed by atoms with E-state index >= 15 is 0 Å². The minimum absolute atomic E-state index is 0.0624. The van der Waals surface area contributed by atoms with Gasteiger partial charge in [-0.15, -0.1) is 11.3 Å². The van der Waals surface area contributed by atoms with Crippen LogP contribution in [0.3, 0.4) is 0 Å². The molecule has 2 heterocycles. The lowest BCUT2D eigenvalue weighted by atomic mass is 10.0.